The maximum absolute atomic E-state index is 5.90. The Balaban J connectivity index is 1.73. The summed E-state index contributed by atoms with van der Waals surface area (Å²) in [4.78, 5) is 11.1. The van der Waals surface area contributed by atoms with E-state index in [0.717, 1.165) is 34.2 Å². The molecule has 0 radical (unpaired) electrons. The number of anilines is 1. The Hall–Kier alpha value is -3.91. The van der Waals surface area contributed by atoms with Crippen LogP contribution in [0.2, 0.25) is 0 Å². The zero-order valence-electron chi connectivity index (χ0n) is 19.2. The Morgan fingerprint density at radius 3 is 2.56 bits per heavy atom. The van der Waals surface area contributed by atoms with Crippen LogP contribution in [0.5, 0.6) is 11.5 Å². The predicted molar refractivity (Wildman–Crippen MR) is 136 cm³/mol. The van der Waals surface area contributed by atoms with Crippen LogP contribution in [0.3, 0.4) is 0 Å². The molecule has 1 aromatic carbocycles. The number of hydrogen-bond donors (Lipinski definition) is 1. The van der Waals surface area contributed by atoms with Crippen LogP contribution in [0.25, 0.3) is 5.69 Å². The highest BCUT2D eigenvalue weighted by Gasteiger charge is 2.43. The second-order valence-corrected chi connectivity index (χ2v) is 8.37. The molecule has 4 heterocycles. The van der Waals surface area contributed by atoms with E-state index in [1.165, 1.54) is 0 Å². The molecule has 5 rings (SSSR count). The van der Waals surface area contributed by atoms with Gasteiger partial charge >= 0.3 is 0 Å². The SMILES string of the molecule is COc1ccc(OC)c(N2C(=S)N[C@H](c3ccccn3)[C@H]2c2ccc(C)n2-c2cccnc2)c1. The van der Waals surface area contributed by atoms with Gasteiger partial charge in [0.05, 0.1) is 43.5 Å². The monoisotopic (exact) mass is 471 g/mol. The van der Waals surface area contributed by atoms with Gasteiger partial charge in [-0.15, -0.1) is 0 Å². The largest absolute Gasteiger partial charge is 0.497 e. The average Bonchev–Trinajstić information content (AvgIpc) is 3.43. The molecule has 1 aliphatic heterocycles. The molecule has 172 valence electrons. The number of rotatable bonds is 6. The molecule has 1 aliphatic rings. The summed E-state index contributed by atoms with van der Waals surface area (Å²) in [6.45, 7) is 2.09. The first-order valence-electron chi connectivity index (χ1n) is 10.9. The van der Waals surface area contributed by atoms with Gasteiger partial charge in [-0.2, -0.15) is 0 Å². The maximum atomic E-state index is 5.90. The minimum absolute atomic E-state index is 0.186. The lowest BCUT2D eigenvalue weighted by atomic mass is 10.0. The Kier molecular flexibility index (Phi) is 5.90. The number of thiocarbonyl (C=S) groups is 1. The van der Waals surface area contributed by atoms with Crippen LogP contribution in [0, 0.1) is 6.92 Å². The molecule has 1 fully saturated rings. The van der Waals surface area contributed by atoms with Crippen molar-refractivity contribution in [2.75, 3.05) is 19.1 Å². The first-order chi connectivity index (χ1) is 16.6. The number of pyridine rings is 2. The highest BCUT2D eigenvalue weighted by Crippen LogP contribution is 2.46. The standard InChI is InChI=1S/C26H25N5O2S/c1-17-9-11-21(30(17)18-7-6-13-27-16-18)25-24(20-8-4-5-14-28-20)29-26(34)31(25)22-15-19(32-2)10-12-23(22)33-3/h4-16,24-25H,1-3H3,(H,29,34)/t24-,25-/m1/s1. The fraction of sp³-hybridized carbons (Fsp3) is 0.192. The summed E-state index contributed by atoms with van der Waals surface area (Å²) in [5.41, 5.74) is 4.85. The molecule has 0 spiro atoms. The summed E-state index contributed by atoms with van der Waals surface area (Å²) in [7, 11) is 3.31. The van der Waals surface area contributed by atoms with Crippen molar-refractivity contribution in [3.63, 3.8) is 0 Å². The van der Waals surface area contributed by atoms with Gasteiger partial charge in [0.25, 0.3) is 0 Å². The lowest BCUT2D eigenvalue weighted by Crippen LogP contribution is -2.30. The number of aryl methyl sites for hydroxylation is 1. The molecule has 1 saturated heterocycles. The normalized spacial score (nSPS) is 17.5. The predicted octanol–water partition coefficient (Wildman–Crippen LogP) is 4.77. The number of nitrogens with zero attached hydrogens (tertiary/aromatic N) is 4. The quantitative estimate of drug-likeness (QED) is 0.407. The second kappa shape index (κ2) is 9.15. The van der Waals surface area contributed by atoms with Gasteiger partial charge in [-0.3, -0.25) is 9.97 Å². The Labute approximate surface area is 204 Å². The number of ether oxygens (including phenoxy) is 2. The zero-order chi connectivity index (χ0) is 23.7. The summed E-state index contributed by atoms with van der Waals surface area (Å²) >= 11 is 5.90. The van der Waals surface area contributed by atoms with Crippen LogP contribution in [0.15, 0.2) is 79.3 Å². The second-order valence-electron chi connectivity index (χ2n) is 7.98. The Morgan fingerprint density at radius 2 is 1.85 bits per heavy atom. The molecule has 0 aliphatic carbocycles. The molecular formula is C26H25N5O2S. The molecule has 0 unspecified atom stereocenters. The first kappa shape index (κ1) is 21.9. The number of hydrogen-bond acceptors (Lipinski definition) is 5. The van der Waals surface area contributed by atoms with Crippen molar-refractivity contribution in [2.45, 2.75) is 19.0 Å². The van der Waals surface area contributed by atoms with Crippen LogP contribution in [-0.2, 0) is 0 Å². The van der Waals surface area contributed by atoms with Crippen LogP contribution in [0.1, 0.15) is 29.2 Å². The summed E-state index contributed by atoms with van der Waals surface area (Å²) in [5, 5.41) is 4.10. The van der Waals surface area contributed by atoms with Crippen molar-refractivity contribution >= 4 is 23.0 Å². The third-order valence-electron chi connectivity index (χ3n) is 6.06. The number of methoxy groups -OCH3 is 2. The van der Waals surface area contributed by atoms with Gasteiger partial charge < -0.3 is 24.3 Å². The molecule has 7 nitrogen and oxygen atoms in total. The zero-order valence-corrected chi connectivity index (χ0v) is 20.0. The van der Waals surface area contributed by atoms with E-state index < -0.39 is 0 Å². The van der Waals surface area contributed by atoms with Crippen molar-refractivity contribution in [3.05, 3.63) is 96.3 Å². The van der Waals surface area contributed by atoms with Gasteiger partial charge in [-0.1, -0.05) is 6.07 Å². The van der Waals surface area contributed by atoms with Crippen LogP contribution >= 0.6 is 12.2 Å². The highest BCUT2D eigenvalue weighted by molar-refractivity contribution is 7.80. The van der Waals surface area contributed by atoms with E-state index in [1.54, 1.807) is 26.6 Å². The maximum Gasteiger partial charge on any atom is 0.174 e. The van der Waals surface area contributed by atoms with Crippen molar-refractivity contribution < 1.29 is 9.47 Å². The summed E-state index contributed by atoms with van der Waals surface area (Å²) in [6.07, 6.45) is 5.44. The number of aromatic nitrogens is 3. The molecule has 4 aromatic rings. The summed E-state index contributed by atoms with van der Waals surface area (Å²) in [6, 6.07) is 19.5. The highest BCUT2D eigenvalue weighted by atomic mass is 32.1. The summed E-state index contributed by atoms with van der Waals surface area (Å²) in [5.74, 6) is 1.42. The Bertz CT molecular complexity index is 1310. The van der Waals surface area contributed by atoms with Gasteiger partial charge in [0.1, 0.15) is 17.5 Å². The fourth-order valence-corrected chi connectivity index (χ4v) is 4.87. The van der Waals surface area contributed by atoms with E-state index in [2.05, 4.69) is 49.9 Å². The smallest absolute Gasteiger partial charge is 0.174 e. The summed E-state index contributed by atoms with van der Waals surface area (Å²) < 4.78 is 13.5. The third kappa shape index (κ3) is 3.76. The molecule has 34 heavy (non-hydrogen) atoms. The fourth-order valence-electron chi connectivity index (χ4n) is 4.53. The Morgan fingerprint density at radius 1 is 0.971 bits per heavy atom. The molecule has 0 bridgehead atoms. The first-order valence-corrected chi connectivity index (χ1v) is 11.3. The van der Waals surface area contributed by atoms with Crippen LogP contribution in [-0.4, -0.2) is 33.9 Å². The minimum atomic E-state index is -0.211. The van der Waals surface area contributed by atoms with E-state index in [4.69, 9.17) is 21.7 Å². The molecule has 1 N–H and O–H groups in total. The topological polar surface area (TPSA) is 64.4 Å². The molecule has 2 atom stereocenters. The van der Waals surface area contributed by atoms with Crippen LogP contribution in [0.4, 0.5) is 5.69 Å². The lowest BCUT2D eigenvalue weighted by molar-refractivity contribution is 0.402. The lowest BCUT2D eigenvalue weighted by Gasteiger charge is -2.30. The van der Waals surface area contributed by atoms with Crippen molar-refractivity contribution in [2.24, 2.45) is 0 Å². The van der Waals surface area contributed by atoms with Gasteiger partial charge in [-0.25, -0.2) is 0 Å². The van der Waals surface area contributed by atoms with Gasteiger partial charge in [-0.05, 0) is 67.7 Å². The van der Waals surface area contributed by atoms with E-state index in [0.29, 0.717) is 10.9 Å². The van der Waals surface area contributed by atoms with Crippen molar-refractivity contribution in [3.8, 4) is 17.2 Å². The van der Waals surface area contributed by atoms with Gasteiger partial charge in [0.2, 0.25) is 0 Å². The number of nitrogens with one attached hydrogen (secondary N) is 1. The molecule has 3 aromatic heterocycles. The molecule has 0 amide bonds. The average molecular weight is 472 g/mol. The van der Waals surface area contributed by atoms with E-state index in [9.17, 15) is 0 Å². The van der Waals surface area contributed by atoms with E-state index in [1.807, 2.05) is 48.7 Å². The molecule has 0 saturated carbocycles. The van der Waals surface area contributed by atoms with E-state index in [-0.39, 0.29) is 12.1 Å². The molecule has 8 heteroatoms. The van der Waals surface area contributed by atoms with Crippen molar-refractivity contribution in [1.29, 1.82) is 0 Å². The third-order valence-corrected chi connectivity index (χ3v) is 6.37. The number of benzene rings is 1. The minimum Gasteiger partial charge on any atom is -0.497 e. The van der Waals surface area contributed by atoms with Crippen LogP contribution < -0.4 is 19.7 Å². The molecular weight excluding hydrogens is 446 g/mol. The van der Waals surface area contributed by atoms with Gasteiger partial charge in [0.15, 0.2) is 5.11 Å². The van der Waals surface area contributed by atoms with Crippen molar-refractivity contribution in [1.82, 2.24) is 19.9 Å². The van der Waals surface area contributed by atoms with E-state index >= 15 is 0 Å². The van der Waals surface area contributed by atoms with Gasteiger partial charge in [0, 0.05) is 29.8 Å².